The molecule has 0 unspecified atom stereocenters. The monoisotopic (exact) mass is 426 g/mol. The lowest BCUT2D eigenvalue weighted by Crippen LogP contribution is -2.06. The molecule has 0 atom stereocenters. The van der Waals surface area contributed by atoms with Gasteiger partial charge in [0, 0.05) is 11.6 Å². The molecule has 0 spiro atoms. The zero-order chi connectivity index (χ0) is 23.9. The Morgan fingerprint density at radius 1 is 0.767 bits per heavy atom. The molecule has 0 aliphatic carbocycles. The van der Waals surface area contributed by atoms with Crippen LogP contribution in [0.5, 0.6) is 0 Å². The summed E-state index contributed by atoms with van der Waals surface area (Å²) in [5.41, 5.74) is -0.683. The number of carboxylic acid groups (broad SMARTS) is 6. The Labute approximate surface area is 168 Å². The first kappa shape index (κ1) is 27.7. The van der Waals surface area contributed by atoms with Crippen LogP contribution in [0.4, 0.5) is 0 Å². The van der Waals surface area contributed by atoms with Gasteiger partial charge in [-0.05, 0) is 12.1 Å². The first-order chi connectivity index (χ1) is 13.8. The molecule has 0 amide bonds. The van der Waals surface area contributed by atoms with Gasteiger partial charge in [-0.2, -0.15) is 0 Å². The summed E-state index contributed by atoms with van der Waals surface area (Å²) in [5, 5.41) is 49.1. The molecule has 1 aromatic rings. The Balaban J connectivity index is 0. The summed E-state index contributed by atoms with van der Waals surface area (Å²) in [6.45, 7) is 3.01. The number of aromatic carboxylic acids is 2. The molecule has 0 aliphatic heterocycles. The lowest BCUT2D eigenvalue weighted by atomic mass is 10.1. The summed E-state index contributed by atoms with van der Waals surface area (Å²) >= 11 is 0. The highest BCUT2D eigenvalue weighted by molar-refractivity contribution is 6.01. The molecule has 6 N–H and O–H groups in total. The quantitative estimate of drug-likeness (QED) is 0.323. The lowest BCUT2D eigenvalue weighted by Gasteiger charge is -1.98. The van der Waals surface area contributed by atoms with Crippen LogP contribution >= 0.6 is 0 Å². The van der Waals surface area contributed by atoms with Crippen molar-refractivity contribution in [1.82, 2.24) is 0 Å². The zero-order valence-corrected chi connectivity index (χ0v) is 15.2. The third kappa shape index (κ3) is 14.7. The van der Waals surface area contributed by atoms with Gasteiger partial charge in [-0.3, -0.25) is 9.59 Å². The van der Waals surface area contributed by atoms with Crippen LogP contribution in [0, 0.1) is 0 Å². The van der Waals surface area contributed by atoms with Crippen LogP contribution in [0.25, 0.3) is 0 Å². The predicted molar refractivity (Wildman–Crippen MR) is 98.4 cm³/mol. The molecule has 1 aromatic carbocycles. The van der Waals surface area contributed by atoms with Gasteiger partial charge >= 0.3 is 35.8 Å². The molecular formula is C18H18O12. The molecule has 12 heteroatoms. The third-order valence-electron chi connectivity index (χ3n) is 2.61. The lowest BCUT2D eigenvalue weighted by molar-refractivity contribution is -0.139. The molecular weight excluding hydrogens is 408 g/mol. The van der Waals surface area contributed by atoms with Crippen molar-refractivity contribution in [2.45, 2.75) is 12.8 Å². The maximum absolute atomic E-state index is 10.5. The topological polar surface area (TPSA) is 224 Å². The van der Waals surface area contributed by atoms with E-state index in [2.05, 4.69) is 6.58 Å². The van der Waals surface area contributed by atoms with Gasteiger partial charge in [-0.25, -0.2) is 19.2 Å². The molecule has 162 valence electrons. The largest absolute Gasteiger partial charge is 0.481 e. The fraction of sp³-hybridized carbons (Fsp3) is 0.111. The Morgan fingerprint density at radius 2 is 1.20 bits per heavy atom. The van der Waals surface area contributed by atoms with E-state index in [1.165, 1.54) is 24.3 Å². The second-order valence-electron chi connectivity index (χ2n) is 4.97. The van der Waals surface area contributed by atoms with E-state index >= 15 is 0 Å². The van der Waals surface area contributed by atoms with Crippen LogP contribution in [0.2, 0.25) is 0 Å². The van der Waals surface area contributed by atoms with Gasteiger partial charge in [-0.15, -0.1) is 0 Å². The minimum atomic E-state index is -1.27. The average molecular weight is 426 g/mol. The Morgan fingerprint density at radius 3 is 1.43 bits per heavy atom. The molecule has 0 aliphatic rings. The van der Waals surface area contributed by atoms with Crippen molar-refractivity contribution >= 4 is 35.8 Å². The Bertz CT molecular complexity index is 817. The van der Waals surface area contributed by atoms with E-state index < -0.39 is 42.2 Å². The van der Waals surface area contributed by atoms with Gasteiger partial charge in [0.2, 0.25) is 0 Å². The number of benzene rings is 1. The number of hydrogen-bond acceptors (Lipinski definition) is 6. The summed E-state index contributed by atoms with van der Waals surface area (Å²) in [5.74, 6) is -7.07. The zero-order valence-electron chi connectivity index (χ0n) is 15.2. The third-order valence-corrected chi connectivity index (χ3v) is 2.61. The van der Waals surface area contributed by atoms with Gasteiger partial charge in [0.25, 0.3) is 0 Å². The van der Waals surface area contributed by atoms with Crippen LogP contribution < -0.4 is 0 Å². The predicted octanol–water partition coefficient (Wildman–Crippen LogP) is 1.29. The maximum Gasteiger partial charge on any atom is 0.336 e. The SMILES string of the molecule is C=C(CC(=O)O)C(=O)O.O=C(O)C=CCC(=O)O.O=C(O)c1ccccc1C(=O)O. The molecule has 12 nitrogen and oxygen atoms in total. The van der Waals surface area contributed by atoms with E-state index in [1.807, 2.05) is 0 Å². The second-order valence-corrected chi connectivity index (χ2v) is 4.97. The number of rotatable bonds is 8. The first-order valence-electron chi connectivity index (χ1n) is 7.59. The fourth-order valence-electron chi connectivity index (χ4n) is 1.37. The summed E-state index contributed by atoms with van der Waals surface area (Å²) < 4.78 is 0. The van der Waals surface area contributed by atoms with E-state index in [-0.39, 0.29) is 23.1 Å². The number of carbonyl (C=O) groups is 6. The van der Waals surface area contributed by atoms with Gasteiger partial charge in [0.05, 0.1) is 24.0 Å². The standard InChI is InChI=1S/C8H6O4.2C5H6O4/c9-7(10)5-3-1-2-4-6(5)8(11)12;1-3(5(8)9)2-4(6)7;6-4(7)2-1-3-5(8)9/h1-4H,(H,9,10)(H,11,12);1-2H2,(H,6,7)(H,8,9);1-2H,3H2,(H,6,7)(H,8,9). The van der Waals surface area contributed by atoms with E-state index in [0.29, 0.717) is 0 Å². The highest BCUT2D eigenvalue weighted by Crippen LogP contribution is 2.07. The second kappa shape index (κ2) is 14.6. The Kier molecular flexibility index (Phi) is 13.5. The van der Waals surface area contributed by atoms with Crippen LogP contribution in [0.3, 0.4) is 0 Å². The molecule has 0 fully saturated rings. The van der Waals surface area contributed by atoms with E-state index in [0.717, 1.165) is 12.2 Å². The van der Waals surface area contributed by atoms with E-state index in [1.54, 1.807) is 0 Å². The van der Waals surface area contributed by atoms with Gasteiger partial charge in [0.15, 0.2) is 0 Å². The van der Waals surface area contributed by atoms with Gasteiger partial charge in [-0.1, -0.05) is 24.8 Å². The van der Waals surface area contributed by atoms with E-state index in [9.17, 15) is 28.8 Å². The minimum Gasteiger partial charge on any atom is -0.481 e. The Hall–Kier alpha value is -4.48. The molecule has 0 heterocycles. The van der Waals surface area contributed by atoms with Gasteiger partial charge in [0.1, 0.15) is 0 Å². The molecule has 0 radical (unpaired) electrons. The number of hydrogen-bond donors (Lipinski definition) is 6. The molecule has 0 aromatic heterocycles. The molecule has 1 rings (SSSR count). The number of aliphatic carboxylic acids is 4. The molecule has 0 bridgehead atoms. The van der Waals surface area contributed by atoms with Gasteiger partial charge < -0.3 is 30.6 Å². The summed E-state index contributed by atoms with van der Waals surface area (Å²) in [6, 6.07) is 5.48. The summed E-state index contributed by atoms with van der Waals surface area (Å²) in [4.78, 5) is 60.0. The first-order valence-corrected chi connectivity index (χ1v) is 7.59. The van der Waals surface area contributed by atoms with Crippen molar-refractivity contribution in [3.63, 3.8) is 0 Å². The molecule has 0 saturated heterocycles. The highest BCUT2D eigenvalue weighted by atomic mass is 16.4. The van der Waals surface area contributed by atoms with E-state index in [4.69, 9.17) is 30.6 Å². The van der Waals surface area contributed by atoms with Crippen molar-refractivity contribution in [2.24, 2.45) is 0 Å². The highest BCUT2D eigenvalue weighted by Gasteiger charge is 2.13. The summed E-state index contributed by atoms with van der Waals surface area (Å²) in [6.07, 6.45) is 1.13. The minimum absolute atomic E-state index is 0.190. The maximum atomic E-state index is 10.5. The average Bonchev–Trinajstić information content (AvgIpc) is 2.61. The molecule has 30 heavy (non-hydrogen) atoms. The van der Waals surface area contributed by atoms with Crippen molar-refractivity contribution < 1.29 is 59.4 Å². The van der Waals surface area contributed by atoms with Crippen molar-refractivity contribution in [1.29, 1.82) is 0 Å². The van der Waals surface area contributed by atoms with Crippen LogP contribution in [0.1, 0.15) is 33.6 Å². The normalized spacial score (nSPS) is 9.20. The van der Waals surface area contributed by atoms with Crippen LogP contribution in [0.15, 0.2) is 48.6 Å². The number of carboxylic acids is 6. The van der Waals surface area contributed by atoms with Crippen molar-refractivity contribution in [3.8, 4) is 0 Å². The summed E-state index contributed by atoms with van der Waals surface area (Å²) in [7, 11) is 0. The van der Waals surface area contributed by atoms with Crippen molar-refractivity contribution in [3.05, 3.63) is 59.7 Å². The van der Waals surface area contributed by atoms with Crippen LogP contribution in [-0.4, -0.2) is 66.5 Å². The van der Waals surface area contributed by atoms with Crippen LogP contribution in [-0.2, 0) is 19.2 Å². The molecule has 0 saturated carbocycles. The fourth-order valence-corrected chi connectivity index (χ4v) is 1.37. The van der Waals surface area contributed by atoms with Crippen molar-refractivity contribution in [2.75, 3.05) is 0 Å². The smallest absolute Gasteiger partial charge is 0.336 e.